The molecular weight excluding hydrogens is 190 g/mol. The molecule has 0 aliphatic carbocycles. The Morgan fingerprint density at radius 3 is 2.33 bits per heavy atom. The van der Waals surface area contributed by atoms with Crippen LogP contribution >= 0.6 is 0 Å². The maximum Gasteiger partial charge on any atom is 0.0644 e. The summed E-state index contributed by atoms with van der Waals surface area (Å²) in [5.74, 6) is 0. The van der Waals surface area contributed by atoms with Crippen LogP contribution in [-0.2, 0) is 9.47 Å². The third-order valence-corrected chi connectivity index (χ3v) is 2.84. The Labute approximate surface area is 94.5 Å². The van der Waals surface area contributed by atoms with Crippen molar-refractivity contribution in [2.75, 3.05) is 20.8 Å². The molecule has 0 radical (unpaired) electrons. The molecule has 2 unspecified atom stereocenters. The van der Waals surface area contributed by atoms with Gasteiger partial charge in [0.1, 0.15) is 0 Å². The minimum Gasteiger partial charge on any atom is -0.379 e. The van der Waals surface area contributed by atoms with Crippen molar-refractivity contribution < 1.29 is 9.47 Å². The van der Waals surface area contributed by atoms with Crippen LogP contribution in [-0.4, -0.2) is 38.5 Å². The van der Waals surface area contributed by atoms with Gasteiger partial charge in [-0.1, -0.05) is 0 Å². The number of methoxy groups -OCH3 is 1. The van der Waals surface area contributed by atoms with Gasteiger partial charge in [-0.15, -0.1) is 0 Å². The van der Waals surface area contributed by atoms with Gasteiger partial charge in [-0.05, 0) is 47.6 Å². The van der Waals surface area contributed by atoms with Gasteiger partial charge in [0.25, 0.3) is 0 Å². The zero-order valence-electron chi connectivity index (χ0n) is 11.1. The Morgan fingerprint density at radius 1 is 1.27 bits per heavy atom. The lowest BCUT2D eigenvalue weighted by molar-refractivity contribution is -0.0257. The summed E-state index contributed by atoms with van der Waals surface area (Å²) in [4.78, 5) is 0. The summed E-state index contributed by atoms with van der Waals surface area (Å²) in [6.07, 6.45) is 2.28. The molecule has 15 heavy (non-hydrogen) atoms. The highest BCUT2D eigenvalue weighted by Gasteiger charge is 2.16. The van der Waals surface area contributed by atoms with Gasteiger partial charge in [0.15, 0.2) is 0 Å². The van der Waals surface area contributed by atoms with Crippen LogP contribution in [0.2, 0.25) is 0 Å². The molecule has 2 atom stereocenters. The fraction of sp³-hybridized carbons (Fsp3) is 1.00. The maximum absolute atomic E-state index is 5.73. The molecule has 3 nitrogen and oxygen atoms in total. The summed E-state index contributed by atoms with van der Waals surface area (Å²) >= 11 is 0. The van der Waals surface area contributed by atoms with E-state index in [-0.39, 0.29) is 5.60 Å². The van der Waals surface area contributed by atoms with Crippen molar-refractivity contribution in [3.8, 4) is 0 Å². The fourth-order valence-corrected chi connectivity index (χ4v) is 1.29. The third kappa shape index (κ3) is 7.77. The zero-order chi connectivity index (χ0) is 11.9. The first-order valence-corrected chi connectivity index (χ1v) is 5.75. The van der Waals surface area contributed by atoms with Gasteiger partial charge in [0.05, 0.1) is 11.7 Å². The summed E-state index contributed by atoms with van der Waals surface area (Å²) < 4.78 is 11.1. The van der Waals surface area contributed by atoms with Crippen molar-refractivity contribution >= 4 is 0 Å². The number of rotatable bonds is 8. The summed E-state index contributed by atoms with van der Waals surface area (Å²) in [6, 6.07) is 0.510. The van der Waals surface area contributed by atoms with Crippen LogP contribution < -0.4 is 5.32 Å². The highest BCUT2D eigenvalue weighted by molar-refractivity contribution is 4.68. The van der Waals surface area contributed by atoms with Crippen LogP contribution in [0.4, 0.5) is 0 Å². The van der Waals surface area contributed by atoms with Crippen molar-refractivity contribution in [1.29, 1.82) is 0 Å². The Bertz CT molecular complexity index is 160. The molecule has 0 aromatic rings. The summed E-state index contributed by atoms with van der Waals surface area (Å²) in [6.45, 7) is 9.21. The van der Waals surface area contributed by atoms with Gasteiger partial charge in [-0.2, -0.15) is 0 Å². The highest BCUT2D eigenvalue weighted by atomic mass is 16.5. The van der Waals surface area contributed by atoms with E-state index in [1.54, 1.807) is 7.11 Å². The van der Waals surface area contributed by atoms with Crippen molar-refractivity contribution in [3.05, 3.63) is 0 Å². The van der Waals surface area contributed by atoms with Gasteiger partial charge in [-0.3, -0.25) is 0 Å². The predicted molar refractivity (Wildman–Crippen MR) is 64.3 cm³/mol. The number of hydrogen-bond donors (Lipinski definition) is 1. The van der Waals surface area contributed by atoms with E-state index in [1.165, 1.54) is 0 Å². The van der Waals surface area contributed by atoms with Crippen molar-refractivity contribution in [1.82, 2.24) is 5.32 Å². The SMILES string of the molecule is CNC(C)CC(C)OCCC(C)(C)OC. The summed E-state index contributed by atoms with van der Waals surface area (Å²) in [5.41, 5.74) is -0.0751. The van der Waals surface area contributed by atoms with E-state index in [4.69, 9.17) is 9.47 Å². The lowest BCUT2D eigenvalue weighted by Crippen LogP contribution is -2.29. The molecule has 0 bridgehead atoms. The van der Waals surface area contributed by atoms with E-state index in [2.05, 4.69) is 33.0 Å². The molecule has 92 valence electrons. The second kappa shape index (κ2) is 7.20. The highest BCUT2D eigenvalue weighted by Crippen LogP contribution is 2.13. The van der Waals surface area contributed by atoms with E-state index in [1.807, 2.05) is 7.05 Å². The molecule has 0 aliphatic rings. The van der Waals surface area contributed by atoms with Crippen molar-refractivity contribution in [2.24, 2.45) is 0 Å². The maximum atomic E-state index is 5.73. The van der Waals surface area contributed by atoms with E-state index in [0.717, 1.165) is 19.4 Å². The number of nitrogens with one attached hydrogen (secondary N) is 1. The largest absolute Gasteiger partial charge is 0.379 e. The molecular formula is C12H27NO2. The normalized spacial score (nSPS) is 16.4. The number of hydrogen-bond acceptors (Lipinski definition) is 3. The first kappa shape index (κ1) is 14.9. The lowest BCUT2D eigenvalue weighted by atomic mass is 10.1. The summed E-state index contributed by atoms with van der Waals surface area (Å²) in [7, 11) is 3.72. The Hall–Kier alpha value is -0.120. The van der Waals surface area contributed by atoms with Crippen LogP contribution in [0.5, 0.6) is 0 Å². The van der Waals surface area contributed by atoms with Gasteiger partial charge >= 0.3 is 0 Å². The molecule has 0 aromatic heterocycles. The van der Waals surface area contributed by atoms with Crippen LogP contribution in [0.1, 0.15) is 40.5 Å². The summed E-state index contributed by atoms with van der Waals surface area (Å²) in [5, 5.41) is 3.21. The molecule has 0 spiro atoms. The number of ether oxygens (including phenoxy) is 2. The first-order chi connectivity index (χ1) is 6.91. The molecule has 0 heterocycles. The molecule has 0 fully saturated rings. The smallest absolute Gasteiger partial charge is 0.0644 e. The van der Waals surface area contributed by atoms with Gasteiger partial charge in [-0.25, -0.2) is 0 Å². The first-order valence-electron chi connectivity index (χ1n) is 5.75. The second-order valence-corrected chi connectivity index (χ2v) is 4.82. The monoisotopic (exact) mass is 217 g/mol. The minimum absolute atomic E-state index is 0.0751. The topological polar surface area (TPSA) is 30.5 Å². The molecule has 0 aromatic carbocycles. The molecule has 0 aliphatic heterocycles. The minimum atomic E-state index is -0.0751. The molecule has 0 amide bonds. The van der Waals surface area contributed by atoms with E-state index < -0.39 is 0 Å². The van der Waals surface area contributed by atoms with E-state index in [0.29, 0.717) is 12.1 Å². The predicted octanol–water partition coefficient (Wildman–Crippen LogP) is 2.20. The lowest BCUT2D eigenvalue weighted by Gasteiger charge is -2.24. The average Bonchev–Trinajstić information content (AvgIpc) is 2.17. The van der Waals surface area contributed by atoms with E-state index >= 15 is 0 Å². The van der Waals surface area contributed by atoms with Gasteiger partial charge < -0.3 is 14.8 Å². The van der Waals surface area contributed by atoms with Gasteiger partial charge in [0.2, 0.25) is 0 Å². The molecule has 3 heteroatoms. The van der Waals surface area contributed by atoms with Crippen molar-refractivity contribution in [3.63, 3.8) is 0 Å². The Morgan fingerprint density at radius 2 is 1.87 bits per heavy atom. The van der Waals surface area contributed by atoms with Crippen LogP contribution in [0.15, 0.2) is 0 Å². The van der Waals surface area contributed by atoms with Crippen LogP contribution in [0.25, 0.3) is 0 Å². The Balaban J connectivity index is 3.59. The molecule has 1 N–H and O–H groups in total. The molecule has 0 saturated heterocycles. The Kier molecular flexibility index (Phi) is 7.14. The van der Waals surface area contributed by atoms with Gasteiger partial charge in [0, 0.05) is 19.8 Å². The standard InChI is InChI=1S/C12H27NO2/c1-10(13-5)9-11(2)15-8-7-12(3,4)14-6/h10-11,13H,7-9H2,1-6H3. The third-order valence-electron chi connectivity index (χ3n) is 2.84. The van der Waals surface area contributed by atoms with E-state index in [9.17, 15) is 0 Å². The second-order valence-electron chi connectivity index (χ2n) is 4.82. The van der Waals surface area contributed by atoms with Crippen LogP contribution in [0.3, 0.4) is 0 Å². The molecule has 0 saturated carbocycles. The zero-order valence-corrected chi connectivity index (χ0v) is 11.1. The average molecular weight is 217 g/mol. The fourth-order valence-electron chi connectivity index (χ4n) is 1.29. The van der Waals surface area contributed by atoms with Crippen LogP contribution in [0, 0.1) is 0 Å². The molecule has 0 rings (SSSR count). The van der Waals surface area contributed by atoms with Crippen molar-refractivity contribution in [2.45, 2.75) is 58.3 Å². The quantitative estimate of drug-likeness (QED) is 0.676.